The molecular weight excluding hydrogens is 394 g/mol. The van der Waals surface area contributed by atoms with Crippen LogP contribution in [-0.4, -0.2) is 75.2 Å². The van der Waals surface area contributed by atoms with Gasteiger partial charge in [0, 0.05) is 44.1 Å². The average Bonchev–Trinajstić information content (AvgIpc) is 2.68. The van der Waals surface area contributed by atoms with Gasteiger partial charge in [0.25, 0.3) is 0 Å². The second kappa shape index (κ2) is 9.34. The molecule has 2 aromatic rings. The van der Waals surface area contributed by atoms with Crippen LogP contribution in [0.5, 0.6) is 11.5 Å². The zero-order chi connectivity index (χ0) is 20.9. The Kier molecular flexibility index (Phi) is 6.83. The summed E-state index contributed by atoms with van der Waals surface area (Å²) in [6, 6.07) is 13.7. The zero-order valence-corrected chi connectivity index (χ0v) is 17.2. The number of sulfonamides is 1. The van der Waals surface area contributed by atoms with Crippen molar-refractivity contribution in [2.45, 2.75) is 6.10 Å². The lowest BCUT2D eigenvalue weighted by atomic mass is 10.2. The van der Waals surface area contributed by atoms with Crippen LogP contribution in [0, 0.1) is 0 Å². The van der Waals surface area contributed by atoms with Crippen molar-refractivity contribution in [3.8, 4) is 11.5 Å². The Bertz CT molecular complexity index is 879. The zero-order valence-electron chi connectivity index (χ0n) is 16.4. The third kappa shape index (κ3) is 6.81. The van der Waals surface area contributed by atoms with E-state index in [1.165, 1.54) is 0 Å². The minimum atomic E-state index is -3.31. The number of aliphatic hydroxyl groups excluding tert-OH is 1. The van der Waals surface area contributed by atoms with Gasteiger partial charge in [-0.3, -0.25) is 9.62 Å². The number of aromatic hydroxyl groups is 1. The van der Waals surface area contributed by atoms with E-state index in [1.54, 1.807) is 36.4 Å². The van der Waals surface area contributed by atoms with Gasteiger partial charge >= 0.3 is 0 Å². The number of hydrogen-bond donors (Lipinski definition) is 3. The molecule has 3 rings (SSSR count). The first-order valence-electron chi connectivity index (χ1n) is 9.43. The molecule has 0 radical (unpaired) electrons. The first-order chi connectivity index (χ1) is 13.8. The molecule has 158 valence electrons. The van der Waals surface area contributed by atoms with Crippen molar-refractivity contribution in [2.24, 2.45) is 0 Å². The predicted octanol–water partition coefficient (Wildman–Crippen LogP) is 1.33. The molecule has 1 aliphatic rings. The number of aliphatic hydroxyl groups is 1. The fraction of sp³-hybridized carbons (Fsp3) is 0.400. The van der Waals surface area contributed by atoms with Gasteiger partial charge in [0.05, 0.1) is 6.26 Å². The Balaban J connectivity index is 1.40. The van der Waals surface area contributed by atoms with Gasteiger partial charge in [-0.15, -0.1) is 0 Å². The molecule has 29 heavy (non-hydrogen) atoms. The Labute approximate surface area is 171 Å². The second-order valence-corrected chi connectivity index (χ2v) is 8.92. The van der Waals surface area contributed by atoms with Gasteiger partial charge in [0.15, 0.2) is 0 Å². The maximum Gasteiger partial charge on any atom is 0.229 e. The molecule has 1 atom stereocenters. The van der Waals surface area contributed by atoms with E-state index in [9.17, 15) is 18.6 Å². The lowest BCUT2D eigenvalue weighted by Crippen LogP contribution is -2.49. The molecule has 0 bridgehead atoms. The largest absolute Gasteiger partial charge is 0.508 e. The maximum absolute atomic E-state index is 11.2. The number of hydrogen-bond acceptors (Lipinski definition) is 7. The Morgan fingerprint density at radius 3 is 2.24 bits per heavy atom. The van der Waals surface area contributed by atoms with E-state index in [1.807, 2.05) is 12.1 Å². The maximum atomic E-state index is 11.2. The molecule has 1 heterocycles. The number of β-amino-alcohol motifs (C(OH)–C–C–N with tert-alkyl or cyclic N) is 1. The monoisotopic (exact) mass is 421 g/mol. The van der Waals surface area contributed by atoms with Crippen molar-refractivity contribution in [2.75, 3.05) is 55.2 Å². The third-order valence-electron chi connectivity index (χ3n) is 4.66. The van der Waals surface area contributed by atoms with E-state index in [0.717, 1.165) is 38.1 Å². The molecule has 2 aromatic carbocycles. The Morgan fingerprint density at radius 2 is 1.66 bits per heavy atom. The van der Waals surface area contributed by atoms with Gasteiger partial charge in [-0.25, -0.2) is 8.42 Å². The highest BCUT2D eigenvalue weighted by Crippen LogP contribution is 2.20. The van der Waals surface area contributed by atoms with E-state index < -0.39 is 16.1 Å². The SMILES string of the molecule is CS(=O)(=O)Nc1ccc(OC[C@@H](O)CN2CCN(c3ccc(O)cc3)CC2)cc1. The van der Waals surface area contributed by atoms with Crippen LogP contribution in [0.1, 0.15) is 0 Å². The fourth-order valence-electron chi connectivity index (χ4n) is 3.23. The van der Waals surface area contributed by atoms with E-state index in [-0.39, 0.29) is 12.4 Å². The van der Waals surface area contributed by atoms with Crippen LogP contribution in [0.4, 0.5) is 11.4 Å². The summed E-state index contributed by atoms with van der Waals surface area (Å²) in [5.74, 6) is 0.831. The molecule has 0 amide bonds. The molecule has 9 heteroatoms. The summed E-state index contributed by atoms with van der Waals surface area (Å²) < 4.78 is 30.4. The van der Waals surface area contributed by atoms with Crippen molar-refractivity contribution in [1.82, 2.24) is 4.90 Å². The number of anilines is 2. The topological polar surface area (TPSA) is 102 Å². The molecule has 1 saturated heterocycles. The average molecular weight is 422 g/mol. The number of piperazine rings is 1. The Hall–Kier alpha value is -2.49. The first-order valence-corrected chi connectivity index (χ1v) is 11.3. The molecular formula is C20H27N3O5S. The van der Waals surface area contributed by atoms with E-state index in [0.29, 0.717) is 18.0 Å². The minimum Gasteiger partial charge on any atom is -0.508 e. The standard InChI is InChI=1S/C20H27N3O5S/c1-29(26,27)21-16-2-8-20(9-3-16)28-15-19(25)14-22-10-12-23(13-11-22)17-4-6-18(24)7-5-17/h2-9,19,21,24-25H,10-15H2,1H3/t19-/m0/s1. The number of phenolic OH excluding ortho intramolecular Hbond substituents is 1. The summed E-state index contributed by atoms with van der Waals surface area (Å²) in [4.78, 5) is 4.45. The van der Waals surface area contributed by atoms with Gasteiger partial charge < -0.3 is 19.8 Å². The number of nitrogens with one attached hydrogen (secondary N) is 1. The highest BCUT2D eigenvalue weighted by molar-refractivity contribution is 7.92. The van der Waals surface area contributed by atoms with E-state index in [2.05, 4.69) is 14.5 Å². The van der Waals surface area contributed by atoms with Gasteiger partial charge in [0.2, 0.25) is 10.0 Å². The van der Waals surface area contributed by atoms with Crippen molar-refractivity contribution in [1.29, 1.82) is 0 Å². The van der Waals surface area contributed by atoms with Crippen LogP contribution in [0.15, 0.2) is 48.5 Å². The van der Waals surface area contributed by atoms with Crippen LogP contribution < -0.4 is 14.4 Å². The molecule has 0 aromatic heterocycles. The van der Waals surface area contributed by atoms with Crippen LogP contribution in [-0.2, 0) is 10.0 Å². The summed E-state index contributed by atoms with van der Waals surface area (Å²) in [7, 11) is -3.31. The minimum absolute atomic E-state index is 0.164. The van der Waals surface area contributed by atoms with Gasteiger partial charge in [-0.1, -0.05) is 0 Å². The molecule has 0 saturated carbocycles. The smallest absolute Gasteiger partial charge is 0.229 e. The number of phenols is 1. The number of rotatable bonds is 8. The van der Waals surface area contributed by atoms with Crippen molar-refractivity contribution >= 4 is 21.4 Å². The summed E-state index contributed by atoms with van der Waals surface area (Å²) in [6.07, 6.45) is 0.474. The molecule has 3 N–H and O–H groups in total. The number of nitrogens with zero attached hydrogens (tertiary/aromatic N) is 2. The second-order valence-electron chi connectivity index (χ2n) is 7.17. The molecule has 1 fully saturated rings. The van der Waals surface area contributed by atoms with Crippen LogP contribution >= 0.6 is 0 Å². The lowest BCUT2D eigenvalue weighted by Gasteiger charge is -2.36. The normalized spacial score (nSPS) is 16.4. The lowest BCUT2D eigenvalue weighted by molar-refractivity contribution is 0.0663. The molecule has 0 unspecified atom stereocenters. The number of benzene rings is 2. The quantitative estimate of drug-likeness (QED) is 0.591. The number of ether oxygens (including phenoxy) is 1. The van der Waals surface area contributed by atoms with Crippen molar-refractivity contribution in [3.05, 3.63) is 48.5 Å². The summed E-state index contributed by atoms with van der Waals surface area (Å²) in [6.45, 7) is 4.07. The summed E-state index contributed by atoms with van der Waals surface area (Å²) >= 11 is 0. The van der Waals surface area contributed by atoms with Gasteiger partial charge in [-0.2, -0.15) is 0 Å². The van der Waals surface area contributed by atoms with Gasteiger partial charge in [0.1, 0.15) is 24.2 Å². The third-order valence-corrected chi connectivity index (χ3v) is 5.26. The molecule has 0 spiro atoms. The van der Waals surface area contributed by atoms with Crippen LogP contribution in [0.3, 0.4) is 0 Å². The van der Waals surface area contributed by atoms with Crippen molar-refractivity contribution in [3.63, 3.8) is 0 Å². The summed E-state index contributed by atoms with van der Waals surface area (Å²) in [5.41, 5.74) is 1.55. The van der Waals surface area contributed by atoms with Crippen LogP contribution in [0.25, 0.3) is 0 Å². The molecule has 1 aliphatic heterocycles. The van der Waals surface area contributed by atoms with Gasteiger partial charge in [-0.05, 0) is 48.5 Å². The first kappa shape index (κ1) is 21.2. The highest BCUT2D eigenvalue weighted by atomic mass is 32.2. The van der Waals surface area contributed by atoms with E-state index >= 15 is 0 Å². The molecule has 0 aliphatic carbocycles. The van der Waals surface area contributed by atoms with Crippen molar-refractivity contribution < 1.29 is 23.4 Å². The highest BCUT2D eigenvalue weighted by Gasteiger charge is 2.19. The molecule has 8 nitrogen and oxygen atoms in total. The fourth-order valence-corrected chi connectivity index (χ4v) is 3.79. The Morgan fingerprint density at radius 1 is 1.03 bits per heavy atom. The van der Waals surface area contributed by atoms with E-state index in [4.69, 9.17) is 4.74 Å². The van der Waals surface area contributed by atoms with Crippen LogP contribution in [0.2, 0.25) is 0 Å². The predicted molar refractivity (Wildman–Crippen MR) is 113 cm³/mol. The summed E-state index contributed by atoms with van der Waals surface area (Å²) in [5, 5.41) is 19.7.